The zero-order valence-electron chi connectivity index (χ0n) is 17.0. The summed E-state index contributed by atoms with van der Waals surface area (Å²) in [6.07, 6.45) is 0.369. The number of halogens is 2. The van der Waals surface area contributed by atoms with E-state index in [2.05, 4.69) is 28.1 Å². The van der Waals surface area contributed by atoms with Gasteiger partial charge in [0.05, 0.1) is 26.0 Å². The second-order valence-corrected chi connectivity index (χ2v) is 8.77. The first-order valence-electron chi connectivity index (χ1n) is 9.87. The molecule has 0 N–H and O–H groups in total. The minimum atomic E-state index is -0.397. The molecule has 3 aromatic carbocycles. The van der Waals surface area contributed by atoms with Gasteiger partial charge in [0.2, 0.25) is 6.23 Å². The molecule has 0 radical (unpaired) electrons. The lowest BCUT2D eigenvalue weighted by Gasteiger charge is -2.38. The van der Waals surface area contributed by atoms with Gasteiger partial charge >= 0.3 is 0 Å². The average molecular weight is 500 g/mol. The first kappa shape index (κ1) is 20.2. The van der Waals surface area contributed by atoms with E-state index in [4.69, 9.17) is 30.9 Å². The van der Waals surface area contributed by atoms with Gasteiger partial charge in [-0.1, -0.05) is 39.7 Å². The largest absolute Gasteiger partial charge is 0.493 e. The number of fused-ring (bicyclic) bond motifs is 3. The Morgan fingerprint density at radius 3 is 2.52 bits per heavy atom. The lowest BCUT2D eigenvalue weighted by atomic mass is 9.96. The van der Waals surface area contributed by atoms with Crippen molar-refractivity contribution in [2.75, 3.05) is 14.2 Å². The highest BCUT2D eigenvalue weighted by molar-refractivity contribution is 9.10. The highest BCUT2D eigenvalue weighted by atomic mass is 79.9. The third kappa shape index (κ3) is 3.64. The molecule has 0 bridgehead atoms. The summed E-state index contributed by atoms with van der Waals surface area (Å²) in [5, 5.41) is 7.70. The van der Waals surface area contributed by atoms with Crippen molar-refractivity contribution in [1.82, 2.24) is 5.01 Å². The molecular weight excluding hydrogens is 480 g/mol. The summed E-state index contributed by atoms with van der Waals surface area (Å²) in [6, 6.07) is 19.8. The number of nitrogens with zero attached hydrogens (tertiary/aromatic N) is 2. The Morgan fingerprint density at radius 2 is 1.77 bits per heavy atom. The normalized spacial score (nSPS) is 19.2. The number of hydrazone groups is 1. The Hall–Kier alpha value is -2.70. The number of hydrogen-bond donors (Lipinski definition) is 0. The summed E-state index contributed by atoms with van der Waals surface area (Å²) in [4.78, 5) is 0. The van der Waals surface area contributed by atoms with Crippen LogP contribution in [0.4, 0.5) is 0 Å². The van der Waals surface area contributed by atoms with Crippen LogP contribution in [-0.4, -0.2) is 24.9 Å². The summed E-state index contributed by atoms with van der Waals surface area (Å²) in [5.41, 5.74) is 4.08. The zero-order valence-corrected chi connectivity index (χ0v) is 19.4. The van der Waals surface area contributed by atoms with E-state index < -0.39 is 6.23 Å². The van der Waals surface area contributed by atoms with Crippen LogP contribution in [0.1, 0.15) is 35.4 Å². The molecule has 0 fully saturated rings. The molecule has 31 heavy (non-hydrogen) atoms. The van der Waals surface area contributed by atoms with Gasteiger partial charge in [-0.15, -0.1) is 0 Å². The maximum absolute atomic E-state index is 6.42. The fourth-order valence-corrected chi connectivity index (χ4v) is 4.55. The summed E-state index contributed by atoms with van der Waals surface area (Å²) in [5.74, 6) is 2.14. The minimum Gasteiger partial charge on any atom is -0.493 e. The zero-order chi connectivity index (χ0) is 21.5. The van der Waals surface area contributed by atoms with Crippen molar-refractivity contribution in [2.45, 2.75) is 18.7 Å². The van der Waals surface area contributed by atoms with E-state index in [-0.39, 0.29) is 6.04 Å². The summed E-state index contributed by atoms with van der Waals surface area (Å²) >= 11 is 9.82. The van der Waals surface area contributed by atoms with E-state index >= 15 is 0 Å². The fraction of sp³-hybridized carbons (Fsp3) is 0.208. The van der Waals surface area contributed by atoms with E-state index in [9.17, 15) is 0 Å². The van der Waals surface area contributed by atoms with Crippen molar-refractivity contribution in [1.29, 1.82) is 0 Å². The molecule has 0 saturated carbocycles. The Balaban J connectivity index is 1.60. The summed E-state index contributed by atoms with van der Waals surface area (Å²) in [7, 11) is 3.25. The molecule has 5 rings (SSSR count). The van der Waals surface area contributed by atoms with Crippen molar-refractivity contribution in [3.8, 4) is 17.2 Å². The highest BCUT2D eigenvalue weighted by Gasteiger charge is 2.41. The van der Waals surface area contributed by atoms with E-state index in [1.165, 1.54) is 0 Å². The number of methoxy groups -OCH3 is 2. The first-order chi connectivity index (χ1) is 15.1. The number of hydrogen-bond acceptors (Lipinski definition) is 5. The number of ether oxygens (including phenoxy) is 3. The monoisotopic (exact) mass is 498 g/mol. The van der Waals surface area contributed by atoms with Gasteiger partial charge in [-0.05, 0) is 54.1 Å². The van der Waals surface area contributed by atoms with Crippen molar-refractivity contribution in [3.05, 3.63) is 86.8 Å². The molecule has 5 nitrogen and oxygen atoms in total. The molecule has 0 aromatic heterocycles. The molecule has 2 aliphatic rings. The average Bonchev–Trinajstić information content (AvgIpc) is 3.24. The van der Waals surface area contributed by atoms with E-state index in [1.54, 1.807) is 14.2 Å². The predicted octanol–water partition coefficient (Wildman–Crippen LogP) is 6.36. The molecule has 7 heteroatoms. The van der Waals surface area contributed by atoms with Gasteiger partial charge in [-0.3, -0.25) is 0 Å². The van der Waals surface area contributed by atoms with Crippen LogP contribution in [0.15, 0.2) is 70.2 Å². The molecular formula is C24H20BrClN2O3. The molecule has 3 aromatic rings. The van der Waals surface area contributed by atoms with Crippen LogP contribution >= 0.6 is 27.5 Å². The van der Waals surface area contributed by atoms with Gasteiger partial charge in [0.1, 0.15) is 5.75 Å². The topological polar surface area (TPSA) is 43.3 Å². The quantitative estimate of drug-likeness (QED) is 0.419. The molecule has 2 aliphatic heterocycles. The van der Waals surface area contributed by atoms with Crippen LogP contribution < -0.4 is 14.2 Å². The van der Waals surface area contributed by atoms with Crippen LogP contribution in [0.5, 0.6) is 17.2 Å². The van der Waals surface area contributed by atoms with Crippen molar-refractivity contribution >= 4 is 33.2 Å². The molecule has 158 valence electrons. The van der Waals surface area contributed by atoms with Crippen LogP contribution in [0, 0.1) is 0 Å². The number of rotatable bonds is 4. The van der Waals surface area contributed by atoms with Crippen LogP contribution in [0.2, 0.25) is 5.02 Å². The molecule has 0 saturated heterocycles. The van der Waals surface area contributed by atoms with Gasteiger partial charge < -0.3 is 14.2 Å². The molecule has 0 unspecified atom stereocenters. The van der Waals surface area contributed by atoms with Crippen LogP contribution in [0.3, 0.4) is 0 Å². The molecule has 0 aliphatic carbocycles. The van der Waals surface area contributed by atoms with E-state index in [1.807, 2.05) is 53.5 Å². The third-order valence-corrected chi connectivity index (χ3v) is 6.39. The summed E-state index contributed by atoms with van der Waals surface area (Å²) in [6.45, 7) is 0. The Morgan fingerprint density at radius 1 is 1.00 bits per heavy atom. The van der Waals surface area contributed by atoms with Crippen LogP contribution in [-0.2, 0) is 0 Å². The Kier molecular flexibility index (Phi) is 5.28. The first-order valence-corrected chi connectivity index (χ1v) is 11.0. The smallest absolute Gasteiger partial charge is 0.214 e. The maximum Gasteiger partial charge on any atom is 0.214 e. The minimum absolute atomic E-state index is 0.0270. The van der Waals surface area contributed by atoms with Gasteiger partial charge in [-0.25, -0.2) is 5.01 Å². The lowest BCUT2D eigenvalue weighted by Crippen LogP contribution is -2.33. The van der Waals surface area contributed by atoms with Crippen LogP contribution in [0.25, 0.3) is 0 Å². The molecule has 2 atom stereocenters. The van der Waals surface area contributed by atoms with E-state index in [0.29, 0.717) is 16.5 Å². The summed E-state index contributed by atoms with van der Waals surface area (Å²) < 4.78 is 18.4. The van der Waals surface area contributed by atoms with Crippen molar-refractivity contribution in [3.63, 3.8) is 0 Å². The molecule has 0 spiro atoms. The van der Waals surface area contributed by atoms with Crippen molar-refractivity contribution in [2.24, 2.45) is 5.10 Å². The second-order valence-electron chi connectivity index (χ2n) is 7.42. The van der Waals surface area contributed by atoms with Gasteiger partial charge in [-0.2, -0.15) is 5.10 Å². The second kappa shape index (κ2) is 8.09. The molecule has 2 heterocycles. The lowest BCUT2D eigenvalue weighted by molar-refractivity contribution is -0.0191. The molecule has 0 amide bonds. The van der Waals surface area contributed by atoms with Gasteiger partial charge in [0.15, 0.2) is 11.5 Å². The SMILES string of the molecule is COc1ccc([C@@H]2Oc3ccc(Cl)cc3[C@H]3CC(c4ccc(Br)cc4)=NN32)cc1OC. The number of benzene rings is 3. The Labute approximate surface area is 194 Å². The fourth-order valence-electron chi connectivity index (χ4n) is 4.10. The highest BCUT2D eigenvalue weighted by Crippen LogP contribution is 2.49. The standard InChI is InChI=1S/C24H20BrClN2O3/c1-29-22-9-5-15(11-23(22)30-2)24-28-20(18-12-17(26)8-10-21(18)31-24)13-19(27-28)14-3-6-16(25)7-4-14/h3-12,20,24H,13H2,1-2H3/t20-,24+/m1/s1. The third-order valence-electron chi connectivity index (χ3n) is 5.62. The van der Waals surface area contributed by atoms with Gasteiger partial charge in [0, 0.05) is 27.0 Å². The van der Waals surface area contributed by atoms with Gasteiger partial charge in [0.25, 0.3) is 0 Å². The van der Waals surface area contributed by atoms with Crippen molar-refractivity contribution < 1.29 is 14.2 Å². The maximum atomic E-state index is 6.42. The predicted molar refractivity (Wildman–Crippen MR) is 124 cm³/mol. The van der Waals surface area contributed by atoms with E-state index in [0.717, 1.165) is 39.0 Å². The Bertz CT molecular complexity index is 1170.